The van der Waals surface area contributed by atoms with Gasteiger partial charge in [-0.3, -0.25) is 9.69 Å². The third kappa shape index (κ3) is 5.43. The van der Waals surface area contributed by atoms with E-state index in [1.54, 1.807) is 0 Å². The molecule has 3 heteroatoms. The highest BCUT2D eigenvalue weighted by Gasteiger charge is 2.20. The number of carbonyl (C=O) groups is 1. The van der Waals surface area contributed by atoms with Gasteiger partial charge in [0.1, 0.15) is 0 Å². The number of benzene rings is 2. The molecule has 0 N–H and O–H groups in total. The molecule has 1 heterocycles. The normalized spacial score (nSPS) is 15.3. The van der Waals surface area contributed by atoms with Crippen molar-refractivity contribution in [1.29, 1.82) is 0 Å². The Morgan fingerprint density at radius 3 is 2.32 bits per heavy atom. The molecular formula is C22H28N2O. The van der Waals surface area contributed by atoms with E-state index in [2.05, 4.69) is 66.4 Å². The highest BCUT2D eigenvalue weighted by atomic mass is 16.2. The van der Waals surface area contributed by atoms with Crippen LogP contribution in [0.15, 0.2) is 54.6 Å². The number of rotatable bonds is 6. The predicted octanol–water partition coefficient (Wildman–Crippen LogP) is 3.31. The summed E-state index contributed by atoms with van der Waals surface area (Å²) < 4.78 is 0. The van der Waals surface area contributed by atoms with Gasteiger partial charge in [-0.1, -0.05) is 60.2 Å². The lowest BCUT2D eigenvalue weighted by Gasteiger charge is -2.34. The Bertz CT molecular complexity index is 675. The maximum absolute atomic E-state index is 12.4. The Morgan fingerprint density at radius 1 is 0.880 bits per heavy atom. The van der Waals surface area contributed by atoms with Crippen molar-refractivity contribution in [3.8, 4) is 0 Å². The van der Waals surface area contributed by atoms with Crippen LogP contribution in [-0.4, -0.2) is 48.4 Å². The van der Waals surface area contributed by atoms with E-state index < -0.39 is 0 Å². The van der Waals surface area contributed by atoms with Gasteiger partial charge in [-0.25, -0.2) is 0 Å². The van der Waals surface area contributed by atoms with E-state index in [9.17, 15) is 4.79 Å². The van der Waals surface area contributed by atoms with E-state index in [-0.39, 0.29) is 0 Å². The molecule has 1 amide bonds. The minimum Gasteiger partial charge on any atom is -0.340 e. The summed E-state index contributed by atoms with van der Waals surface area (Å²) in [5.74, 6) is 0.296. The second kappa shape index (κ2) is 8.82. The third-order valence-electron chi connectivity index (χ3n) is 4.99. The van der Waals surface area contributed by atoms with Crippen molar-refractivity contribution < 1.29 is 4.79 Å². The molecule has 132 valence electrons. The van der Waals surface area contributed by atoms with Crippen LogP contribution in [0.1, 0.15) is 23.1 Å². The molecule has 1 fully saturated rings. The molecule has 1 aliphatic rings. The molecular weight excluding hydrogens is 308 g/mol. The summed E-state index contributed by atoms with van der Waals surface area (Å²) in [5, 5.41) is 0. The Morgan fingerprint density at radius 2 is 1.60 bits per heavy atom. The summed E-state index contributed by atoms with van der Waals surface area (Å²) in [7, 11) is 0. The zero-order valence-corrected chi connectivity index (χ0v) is 15.2. The maximum Gasteiger partial charge on any atom is 0.222 e. The van der Waals surface area contributed by atoms with Crippen LogP contribution in [0.3, 0.4) is 0 Å². The number of nitrogens with zero attached hydrogens (tertiary/aromatic N) is 2. The quantitative estimate of drug-likeness (QED) is 0.808. The SMILES string of the molecule is Cc1cccc(CCC(=O)N2CCN(CCc3ccccc3)CC2)c1. The van der Waals surface area contributed by atoms with E-state index in [4.69, 9.17) is 0 Å². The van der Waals surface area contributed by atoms with Crippen LogP contribution >= 0.6 is 0 Å². The summed E-state index contributed by atoms with van der Waals surface area (Å²) in [6.07, 6.45) is 2.55. The number of piperazine rings is 1. The number of hydrogen-bond acceptors (Lipinski definition) is 2. The molecule has 0 saturated carbocycles. The Hall–Kier alpha value is -2.13. The largest absolute Gasteiger partial charge is 0.340 e. The van der Waals surface area contributed by atoms with Gasteiger partial charge in [-0.2, -0.15) is 0 Å². The van der Waals surface area contributed by atoms with Gasteiger partial charge in [-0.05, 0) is 30.9 Å². The van der Waals surface area contributed by atoms with Crippen molar-refractivity contribution in [2.75, 3.05) is 32.7 Å². The first-order valence-electron chi connectivity index (χ1n) is 9.30. The molecule has 3 nitrogen and oxygen atoms in total. The fourth-order valence-electron chi connectivity index (χ4n) is 3.43. The Labute approximate surface area is 151 Å². The molecule has 0 radical (unpaired) electrons. The lowest BCUT2D eigenvalue weighted by molar-refractivity contribution is -0.132. The molecule has 0 atom stereocenters. The maximum atomic E-state index is 12.4. The predicted molar refractivity (Wildman–Crippen MR) is 103 cm³/mol. The van der Waals surface area contributed by atoms with E-state index in [1.807, 2.05) is 4.90 Å². The highest BCUT2D eigenvalue weighted by Crippen LogP contribution is 2.10. The van der Waals surface area contributed by atoms with Crippen molar-refractivity contribution in [3.05, 3.63) is 71.3 Å². The van der Waals surface area contributed by atoms with Crippen LogP contribution in [0, 0.1) is 6.92 Å². The summed E-state index contributed by atoms with van der Waals surface area (Å²) in [4.78, 5) is 17.0. The van der Waals surface area contributed by atoms with E-state index >= 15 is 0 Å². The van der Waals surface area contributed by atoms with Crippen LogP contribution < -0.4 is 0 Å². The number of aryl methyl sites for hydroxylation is 2. The molecule has 0 unspecified atom stereocenters. The first-order valence-corrected chi connectivity index (χ1v) is 9.30. The minimum absolute atomic E-state index is 0.296. The molecule has 1 saturated heterocycles. The lowest BCUT2D eigenvalue weighted by atomic mass is 10.1. The smallest absolute Gasteiger partial charge is 0.222 e. The molecule has 2 aromatic carbocycles. The van der Waals surface area contributed by atoms with Crippen LogP contribution in [0.5, 0.6) is 0 Å². The molecule has 1 aliphatic heterocycles. The van der Waals surface area contributed by atoms with Crippen LogP contribution in [0.25, 0.3) is 0 Å². The molecule has 3 rings (SSSR count). The summed E-state index contributed by atoms with van der Waals surface area (Å²) in [6.45, 7) is 6.88. The topological polar surface area (TPSA) is 23.6 Å². The fraction of sp³-hybridized carbons (Fsp3) is 0.409. The van der Waals surface area contributed by atoms with Gasteiger partial charge < -0.3 is 4.90 Å². The van der Waals surface area contributed by atoms with Crippen LogP contribution in [0.4, 0.5) is 0 Å². The van der Waals surface area contributed by atoms with Gasteiger partial charge in [0.05, 0.1) is 0 Å². The Balaban J connectivity index is 1.38. The van der Waals surface area contributed by atoms with Crippen LogP contribution in [0.2, 0.25) is 0 Å². The summed E-state index contributed by atoms with van der Waals surface area (Å²) in [5.41, 5.74) is 3.91. The first kappa shape index (κ1) is 17.7. The molecule has 0 spiro atoms. The molecule has 25 heavy (non-hydrogen) atoms. The van der Waals surface area contributed by atoms with Gasteiger partial charge in [0.25, 0.3) is 0 Å². The van der Waals surface area contributed by atoms with E-state index in [0.717, 1.165) is 45.6 Å². The highest BCUT2D eigenvalue weighted by molar-refractivity contribution is 5.76. The van der Waals surface area contributed by atoms with Crippen molar-refractivity contribution in [3.63, 3.8) is 0 Å². The van der Waals surface area contributed by atoms with Gasteiger partial charge in [0.15, 0.2) is 0 Å². The third-order valence-corrected chi connectivity index (χ3v) is 4.99. The fourth-order valence-corrected chi connectivity index (χ4v) is 3.43. The summed E-state index contributed by atoms with van der Waals surface area (Å²) >= 11 is 0. The molecule has 2 aromatic rings. The van der Waals surface area contributed by atoms with Crippen molar-refractivity contribution in [2.24, 2.45) is 0 Å². The van der Waals surface area contributed by atoms with E-state index in [1.165, 1.54) is 16.7 Å². The monoisotopic (exact) mass is 336 g/mol. The number of carbonyl (C=O) groups excluding carboxylic acids is 1. The van der Waals surface area contributed by atoms with Gasteiger partial charge in [-0.15, -0.1) is 0 Å². The zero-order valence-electron chi connectivity index (χ0n) is 15.2. The number of amides is 1. The summed E-state index contributed by atoms with van der Waals surface area (Å²) in [6, 6.07) is 19.1. The van der Waals surface area contributed by atoms with Gasteiger partial charge in [0, 0.05) is 39.1 Å². The lowest BCUT2D eigenvalue weighted by Crippen LogP contribution is -2.49. The van der Waals surface area contributed by atoms with Crippen molar-refractivity contribution >= 4 is 5.91 Å². The zero-order chi connectivity index (χ0) is 17.5. The van der Waals surface area contributed by atoms with Crippen molar-refractivity contribution in [2.45, 2.75) is 26.2 Å². The average molecular weight is 336 g/mol. The van der Waals surface area contributed by atoms with Gasteiger partial charge >= 0.3 is 0 Å². The second-order valence-corrected chi connectivity index (χ2v) is 6.95. The van der Waals surface area contributed by atoms with Gasteiger partial charge in [0.2, 0.25) is 5.91 Å². The minimum atomic E-state index is 0.296. The second-order valence-electron chi connectivity index (χ2n) is 6.95. The molecule has 0 aromatic heterocycles. The Kier molecular flexibility index (Phi) is 6.24. The first-order chi connectivity index (χ1) is 12.2. The molecule has 0 bridgehead atoms. The molecule has 0 aliphatic carbocycles. The standard InChI is InChI=1S/C22H28N2O/c1-19-6-5-9-21(18-19)10-11-22(25)24-16-14-23(15-17-24)13-12-20-7-3-2-4-8-20/h2-9,18H,10-17H2,1H3. The average Bonchev–Trinajstić information content (AvgIpc) is 2.66. The number of hydrogen-bond donors (Lipinski definition) is 0. The van der Waals surface area contributed by atoms with Crippen molar-refractivity contribution in [1.82, 2.24) is 9.80 Å². The van der Waals surface area contributed by atoms with E-state index in [0.29, 0.717) is 12.3 Å². The van der Waals surface area contributed by atoms with Crippen LogP contribution in [-0.2, 0) is 17.6 Å².